The van der Waals surface area contributed by atoms with Crippen molar-refractivity contribution in [1.29, 1.82) is 0 Å². The first kappa shape index (κ1) is 16.0. The van der Waals surface area contributed by atoms with E-state index in [0.717, 1.165) is 19.3 Å². The van der Waals surface area contributed by atoms with E-state index in [0.29, 0.717) is 0 Å². The second-order valence-electron chi connectivity index (χ2n) is 6.43. The van der Waals surface area contributed by atoms with Gasteiger partial charge in [-0.15, -0.1) is 0 Å². The number of rotatable bonds is 4. The van der Waals surface area contributed by atoms with Gasteiger partial charge in [-0.2, -0.15) is 0 Å². The normalized spacial score (nSPS) is 24.9. The van der Waals surface area contributed by atoms with E-state index in [1.165, 1.54) is 0 Å². The molecule has 1 fully saturated rings. The summed E-state index contributed by atoms with van der Waals surface area (Å²) in [6.07, 6.45) is 2.87. The number of carbonyl (C=O) groups is 2. The maximum absolute atomic E-state index is 12.0. The standard InChI is InChI=1S/C14H26N2O3/c1-9(15-13(19)14(2,3)4)12(18)16-11-7-5-6-10(11)8-17/h9-11,17H,5-8H2,1-4H3,(H,15,19)(H,16,18). The molecule has 110 valence electrons. The van der Waals surface area contributed by atoms with Gasteiger partial charge in [0.05, 0.1) is 0 Å². The largest absolute Gasteiger partial charge is 0.396 e. The minimum Gasteiger partial charge on any atom is -0.396 e. The van der Waals surface area contributed by atoms with Crippen LogP contribution in [-0.4, -0.2) is 35.6 Å². The lowest BCUT2D eigenvalue weighted by Crippen LogP contribution is -2.51. The van der Waals surface area contributed by atoms with Crippen LogP contribution in [0.15, 0.2) is 0 Å². The lowest BCUT2D eigenvalue weighted by Gasteiger charge is -2.24. The van der Waals surface area contributed by atoms with Crippen LogP contribution in [0.25, 0.3) is 0 Å². The average Bonchev–Trinajstić information content (AvgIpc) is 2.74. The van der Waals surface area contributed by atoms with Crippen molar-refractivity contribution in [2.45, 2.75) is 59.0 Å². The van der Waals surface area contributed by atoms with E-state index in [2.05, 4.69) is 10.6 Å². The van der Waals surface area contributed by atoms with Crippen LogP contribution in [0, 0.1) is 11.3 Å². The van der Waals surface area contributed by atoms with Crippen molar-refractivity contribution in [1.82, 2.24) is 10.6 Å². The minimum absolute atomic E-state index is 0.0338. The molecule has 1 aliphatic rings. The number of nitrogens with one attached hydrogen (secondary N) is 2. The molecular weight excluding hydrogens is 244 g/mol. The number of aliphatic hydroxyl groups is 1. The molecule has 5 nitrogen and oxygen atoms in total. The van der Waals surface area contributed by atoms with Gasteiger partial charge in [-0.1, -0.05) is 27.2 Å². The third-order valence-electron chi connectivity index (χ3n) is 3.64. The molecule has 19 heavy (non-hydrogen) atoms. The maximum atomic E-state index is 12.0. The number of hydrogen-bond donors (Lipinski definition) is 3. The van der Waals surface area contributed by atoms with Gasteiger partial charge in [0.15, 0.2) is 0 Å². The Morgan fingerprint density at radius 1 is 1.32 bits per heavy atom. The molecule has 0 aromatic carbocycles. The van der Waals surface area contributed by atoms with Crippen LogP contribution in [-0.2, 0) is 9.59 Å². The third kappa shape index (κ3) is 4.49. The molecule has 0 heterocycles. The predicted octanol–water partition coefficient (Wildman–Crippen LogP) is 0.814. The number of aliphatic hydroxyl groups excluding tert-OH is 1. The van der Waals surface area contributed by atoms with Crippen molar-refractivity contribution in [2.75, 3.05) is 6.61 Å². The summed E-state index contributed by atoms with van der Waals surface area (Å²) in [6, 6.07) is -0.516. The summed E-state index contributed by atoms with van der Waals surface area (Å²) >= 11 is 0. The highest BCUT2D eigenvalue weighted by molar-refractivity contribution is 5.89. The number of hydrogen-bond acceptors (Lipinski definition) is 3. The highest BCUT2D eigenvalue weighted by atomic mass is 16.3. The van der Waals surface area contributed by atoms with E-state index in [1.54, 1.807) is 6.92 Å². The van der Waals surface area contributed by atoms with Gasteiger partial charge in [-0.25, -0.2) is 0 Å². The van der Waals surface area contributed by atoms with Crippen LogP contribution in [0.1, 0.15) is 47.0 Å². The van der Waals surface area contributed by atoms with Crippen molar-refractivity contribution >= 4 is 11.8 Å². The van der Waals surface area contributed by atoms with Crippen molar-refractivity contribution in [3.05, 3.63) is 0 Å². The van der Waals surface area contributed by atoms with E-state index in [9.17, 15) is 14.7 Å². The zero-order chi connectivity index (χ0) is 14.6. The van der Waals surface area contributed by atoms with E-state index in [4.69, 9.17) is 0 Å². The summed E-state index contributed by atoms with van der Waals surface area (Å²) < 4.78 is 0. The zero-order valence-corrected chi connectivity index (χ0v) is 12.3. The Labute approximate surface area is 115 Å². The van der Waals surface area contributed by atoms with E-state index in [-0.39, 0.29) is 30.4 Å². The molecule has 1 saturated carbocycles. The van der Waals surface area contributed by atoms with Crippen LogP contribution in [0.2, 0.25) is 0 Å². The fourth-order valence-corrected chi connectivity index (χ4v) is 2.23. The molecule has 0 aromatic rings. The Hall–Kier alpha value is -1.10. The molecule has 0 bridgehead atoms. The molecule has 3 N–H and O–H groups in total. The molecule has 5 heteroatoms. The molecule has 1 rings (SSSR count). The summed E-state index contributed by atoms with van der Waals surface area (Å²) in [5.41, 5.74) is -0.504. The summed E-state index contributed by atoms with van der Waals surface area (Å²) in [6.45, 7) is 7.22. The van der Waals surface area contributed by atoms with Gasteiger partial charge in [0.2, 0.25) is 11.8 Å². The molecule has 2 amide bonds. The van der Waals surface area contributed by atoms with E-state index < -0.39 is 11.5 Å². The summed E-state index contributed by atoms with van der Waals surface area (Å²) in [7, 11) is 0. The first-order chi connectivity index (χ1) is 8.75. The maximum Gasteiger partial charge on any atom is 0.242 e. The van der Waals surface area contributed by atoms with Crippen molar-refractivity contribution in [3.63, 3.8) is 0 Å². The second-order valence-corrected chi connectivity index (χ2v) is 6.43. The Bertz CT molecular complexity index is 336. The average molecular weight is 270 g/mol. The van der Waals surface area contributed by atoms with Crippen molar-refractivity contribution in [3.8, 4) is 0 Å². The van der Waals surface area contributed by atoms with Crippen molar-refractivity contribution in [2.24, 2.45) is 11.3 Å². The van der Waals surface area contributed by atoms with E-state index >= 15 is 0 Å². The Morgan fingerprint density at radius 3 is 2.47 bits per heavy atom. The van der Waals surface area contributed by atoms with Gasteiger partial charge in [-0.3, -0.25) is 9.59 Å². The highest BCUT2D eigenvalue weighted by Crippen LogP contribution is 2.25. The van der Waals surface area contributed by atoms with Crippen LogP contribution in [0.4, 0.5) is 0 Å². The summed E-state index contributed by atoms with van der Waals surface area (Å²) in [5.74, 6) is -0.169. The Morgan fingerprint density at radius 2 is 1.95 bits per heavy atom. The first-order valence-corrected chi connectivity index (χ1v) is 6.98. The SMILES string of the molecule is CC(NC(=O)C(C)(C)C)C(=O)NC1CCCC1CO. The molecule has 3 atom stereocenters. The van der Waals surface area contributed by atoms with Gasteiger partial charge in [0.25, 0.3) is 0 Å². The Kier molecular flexibility index (Phi) is 5.35. The first-order valence-electron chi connectivity index (χ1n) is 6.98. The fourth-order valence-electron chi connectivity index (χ4n) is 2.23. The fraction of sp³-hybridized carbons (Fsp3) is 0.857. The van der Waals surface area contributed by atoms with Gasteiger partial charge in [0.1, 0.15) is 6.04 Å². The van der Waals surface area contributed by atoms with Gasteiger partial charge < -0.3 is 15.7 Å². The van der Waals surface area contributed by atoms with Gasteiger partial charge in [0, 0.05) is 24.0 Å². The van der Waals surface area contributed by atoms with Crippen LogP contribution >= 0.6 is 0 Å². The molecule has 0 aliphatic heterocycles. The number of amides is 2. The lowest BCUT2D eigenvalue weighted by atomic mass is 9.95. The smallest absolute Gasteiger partial charge is 0.242 e. The Balaban J connectivity index is 2.47. The molecule has 1 aliphatic carbocycles. The molecular formula is C14H26N2O3. The van der Waals surface area contributed by atoms with Crippen LogP contribution in [0.3, 0.4) is 0 Å². The van der Waals surface area contributed by atoms with E-state index in [1.807, 2.05) is 20.8 Å². The van der Waals surface area contributed by atoms with Gasteiger partial charge in [-0.05, 0) is 19.8 Å². The number of carbonyl (C=O) groups excluding carboxylic acids is 2. The summed E-state index contributed by atoms with van der Waals surface area (Å²) in [5, 5.41) is 14.9. The van der Waals surface area contributed by atoms with Gasteiger partial charge >= 0.3 is 0 Å². The monoisotopic (exact) mass is 270 g/mol. The van der Waals surface area contributed by atoms with Crippen LogP contribution in [0.5, 0.6) is 0 Å². The molecule has 0 spiro atoms. The predicted molar refractivity (Wildman–Crippen MR) is 73.4 cm³/mol. The third-order valence-corrected chi connectivity index (χ3v) is 3.64. The topological polar surface area (TPSA) is 78.4 Å². The highest BCUT2D eigenvalue weighted by Gasteiger charge is 2.30. The quantitative estimate of drug-likeness (QED) is 0.707. The lowest BCUT2D eigenvalue weighted by molar-refractivity contribution is -0.133. The molecule has 0 aromatic heterocycles. The summed E-state index contributed by atoms with van der Waals surface area (Å²) in [4.78, 5) is 23.8. The zero-order valence-electron chi connectivity index (χ0n) is 12.3. The molecule has 3 unspecified atom stereocenters. The molecule has 0 saturated heterocycles. The molecule has 0 radical (unpaired) electrons. The second kappa shape index (κ2) is 6.37. The van der Waals surface area contributed by atoms with Crippen LogP contribution < -0.4 is 10.6 Å². The minimum atomic E-state index is -0.549. The van der Waals surface area contributed by atoms with Crippen molar-refractivity contribution < 1.29 is 14.7 Å².